The van der Waals surface area contributed by atoms with Gasteiger partial charge in [-0.1, -0.05) is 67.1 Å². The highest BCUT2D eigenvalue weighted by Gasteiger charge is 2.40. The molecule has 0 saturated heterocycles. The first-order valence-corrected chi connectivity index (χ1v) is 10.0. The van der Waals surface area contributed by atoms with Crippen LogP contribution in [-0.4, -0.2) is 22.0 Å². The Morgan fingerprint density at radius 2 is 1.82 bits per heavy atom. The Morgan fingerprint density at radius 1 is 1.14 bits per heavy atom. The molecule has 1 atom stereocenters. The first-order valence-electron chi connectivity index (χ1n) is 8.75. The minimum atomic E-state index is -1.47. The first kappa shape index (κ1) is 20.0. The van der Waals surface area contributed by atoms with Crippen molar-refractivity contribution in [2.75, 3.05) is 0 Å². The molecule has 1 aromatic heterocycles. The Balaban J connectivity index is 1.79. The summed E-state index contributed by atoms with van der Waals surface area (Å²) < 4.78 is 0. The van der Waals surface area contributed by atoms with Crippen molar-refractivity contribution in [2.24, 2.45) is 0 Å². The van der Waals surface area contributed by atoms with E-state index in [0.29, 0.717) is 16.3 Å². The fraction of sp³-hybridized carbons (Fsp3) is 0.190. The van der Waals surface area contributed by atoms with Gasteiger partial charge in [0.25, 0.3) is 0 Å². The third kappa shape index (κ3) is 4.08. The number of carbonyl (C=O) groups excluding carboxylic acids is 1. The summed E-state index contributed by atoms with van der Waals surface area (Å²) in [5.41, 5.74) is 0.438. The summed E-state index contributed by atoms with van der Waals surface area (Å²) in [6.45, 7) is 1.74. The third-order valence-corrected chi connectivity index (χ3v) is 5.77. The zero-order chi connectivity index (χ0) is 20.1. The van der Waals surface area contributed by atoms with Crippen LogP contribution in [0, 0.1) is 0 Å². The zero-order valence-corrected chi connectivity index (χ0v) is 16.8. The van der Waals surface area contributed by atoms with Crippen LogP contribution in [0.1, 0.15) is 24.6 Å². The Bertz CT molecular complexity index is 990. The summed E-state index contributed by atoms with van der Waals surface area (Å²) in [5.74, 6) is -1.49. The molecule has 0 bridgehead atoms. The maximum absolute atomic E-state index is 12.6. The van der Waals surface area contributed by atoms with Gasteiger partial charge in [0.15, 0.2) is 5.54 Å². The van der Waals surface area contributed by atoms with Crippen LogP contribution in [0.5, 0.6) is 0 Å². The van der Waals surface area contributed by atoms with Gasteiger partial charge in [-0.15, -0.1) is 11.3 Å². The van der Waals surface area contributed by atoms with Crippen LogP contribution < -0.4 is 5.32 Å². The lowest BCUT2D eigenvalue weighted by molar-refractivity contribution is -0.148. The van der Waals surface area contributed by atoms with E-state index in [1.165, 1.54) is 11.3 Å². The van der Waals surface area contributed by atoms with Crippen molar-refractivity contribution in [1.29, 1.82) is 0 Å². The van der Waals surface area contributed by atoms with E-state index in [2.05, 4.69) is 10.3 Å². The SMILES string of the molecule is CCC(NC(=O)Cc1csc(-c2ccccc2Cl)n1)(C(=O)O)c1ccccc1. The van der Waals surface area contributed by atoms with E-state index >= 15 is 0 Å². The molecule has 1 heterocycles. The predicted molar refractivity (Wildman–Crippen MR) is 110 cm³/mol. The molecule has 0 spiro atoms. The first-order chi connectivity index (χ1) is 13.5. The maximum Gasteiger partial charge on any atom is 0.334 e. The standard InChI is InChI=1S/C21H19ClN2O3S/c1-2-21(20(26)27,14-8-4-3-5-9-14)24-18(25)12-15-13-28-19(23-15)16-10-6-7-11-17(16)22/h3-11,13H,2,12H2,1H3,(H,24,25)(H,26,27). The zero-order valence-electron chi connectivity index (χ0n) is 15.2. The van der Waals surface area contributed by atoms with E-state index < -0.39 is 17.4 Å². The highest BCUT2D eigenvalue weighted by atomic mass is 35.5. The number of carboxylic acids is 1. The maximum atomic E-state index is 12.6. The van der Waals surface area contributed by atoms with Crippen molar-refractivity contribution in [3.63, 3.8) is 0 Å². The molecule has 2 aromatic carbocycles. The smallest absolute Gasteiger partial charge is 0.334 e. The molecule has 0 aliphatic rings. The minimum absolute atomic E-state index is 0.0111. The lowest BCUT2D eigenvalue weighted by Crippen LogP contribution is -2.52. The summed E-state index contributed by atoms with van der Waals surface area (Å²) >= 11 is 7.60. The summed E-state index contributed by atoms with van der Waals surface area (Å²) in [7, 11) is 0. The van der Waals surface area contributed by atoms with Crippen LogP contribution in [0.2, 0.25) is 5.02 Å². The van der Waals surface area contributed by atoms with Gasteiger partial charge >= 0.3 is 5.97 Å². The molecule has 2 N–H and O–H groups in total. The summed E-state index contributed by atoms with van der Waals surface area (Å²) in [4.78, 5) is 29.1. The number of aliphatic carboxylic acids is 1. The van der Waals surface area contributed by atoms with E-state index in [4.69, 9.17) is 11.6 Å². The molecule has 7 heteroatoms. The fourth-order valence-corrected chi connectivity index (χ4v) is 4.15. The molecule has 3 rings (SSSR count). The van der Waals surface area contributed by atoms with Gasteiger partial charge in [0.1, 0.15) is 5.01 Å². The number of thiazole rings is 1. The fourth-order valence-electron chi connectivity index (χ4n) is 3.01. The monoisotopic (exact) mass is 414 g/mol. The molecule has 5 nitrogen and oxygen atoms in total. The highest BCUT2D eigenvalue weighted by Crippen LogP contribution is 2.30. The normalized spacial score (nSPS) is 12.9. The quantitative estimate of drug-likeness (QED) is 0.596. The number of hydrogen-bond acceptors (Lipinski definition) is 4. The summed E-state index contributed by atoms with van der Waals surface area (Å²) in [6, 6.07) is 16.1. The Labute approximate surface area is 172 Å². The number of carboxylic acid groups (broad SMARTS) is 1. The Kier molecular flexibility index (Phi) is 6.11. The number of carbonyl (C=O) groups is 2. The van der Waals surface area contributed by atoms with Gasteiger partial charge < -0.3 is 10.4 Å². The van der Waals surface area contributed by atoms with E-state index in [1.807, 2.05) is 18.2 Å². The topological polar surface area (TPSA) is 79.3 Å². The van der Waals surface area contributed by atoms with Gasteiger partial charge in [-0.25, -0.2) is 9.78 Å². The molecule has 1 amide bonds. The van der Waals surface area contributed by atoms with Crippen LogP contribution in [0.3, 0.4) is 0 Å². The number of benzene rings is 2. The molecule has 144 valence electrons. The number of rotatable bonds is 7. The van der Waals surface area contributed by atoms with Crippen LogP contribution in [0.15, 0.2) is 60.0 Å². The number of nitrogens with zero attached hydrogens (tertiary/aromatic N) is 1. The molecule has 0 saturated carbocycles. The minimum Gasteiger partial charge on any atom is -0.479 e. The highest BCUT2D eigenvalue weighted by molar-refractivity contribution is 7.13. The number of amides is 1. The lowest BCUT2D eigenvalue weighted by atomic mass is 9.87. The van der Waals surface area contributed by atoms with Crippen LogP contribution >= 0.6 is 22.9 Å². The van der Waals surface area contributed by atoms with Gasteiger partial charge in [0.05, 0.1) is 17.1 Å². The molecule has 3 aromatic rings. The molecular formula is C21H19ClN2O3S. The van der Waals surface area contributed by atoms with Gasteiger partial charge in [-0.05, 0) is 18.1 Å². The van der Waals surface area contributed by atoms with Crippen molar-refractivity contribution < 1.29 is 14.7 Å². The predicted octanol–water partition coefficient (Wildman–Crippen LogP) is 4.51. The lowest BCUT2D eigenvalue weighted by Gasteiger charge is -2.30. The summed E-state index contributed by atoms with van der Waals surface area (Å²) in [5, 5.41) is 15.6. The van der Waals surface area contributed by atoms with Gasteiger partial charge in [-0.2, -0.15) is 0 Å². The van der Waals surface area contributed by atoms with Crippen LogP contribution in [0.25, 0.3) is 10.6 Å². The van der Waals surface area contributed by atoms with E-state index in [1.54, 1.807) is 48.7 Å². The van der Waals surface area contributed by atoms with Gasteiger partial charge in [-0.3, -0.25) is 4.79 Å². The second-order valence-electron chi connectivity index (χ2n) is 6.28. The Morgan fingerprint density at radius 3 is 2.46 bits per heavy atom. The third-order valence-electron chi connectivity index (χ3n) is 4.51. The molecular weight excluding hydrogens is 396 g/mol. The van der Waals surface area contributed by atoms with Crippen molar-refractivity contribution in [3.05, 3.63) is 76.3 Å². The van der Waals surface area contributed by atoms with E-state index in [-0.39, 0.29) is 12.8 Å². The number of hydrogen-bond donors (Lipinski definition) is 2. The molecule has 0 radical (unpaired) electrons. The molecule has 0 fully saturated rings. The molecule has 0 aliphatic carbocycles. The second kappa shape index (κ2) is 8.54. The van der Waals surface area contributed by atoms with Crippen molar-refractivity contribution in [1.82, 2.24) is 10.3 Å². The molecule has 28 heavy (non-hydrogen) atoms. The molecule has 1 unspecified atom stereocenters. The average molecular weight is 415 g/mol. The second-order valence-corrected chi connectivity index (χ2v) is 7.54. The number of halogens is 1. The van der Waals surface area contributed by atoms with Crippen molar-refractivity contribution >= 4 is 34.8 Å². The largest absolute Gasteiger partial charge is 0.479 e. The van der Waals surface area contributed by atoms with Crippen LogP contribution in [0.4, 0.5) is 0 Å². The van der Waals surface area contributed by atoms with Crippen molar-refractivity contribution in [2.45, 2.75) is 25.3 Å². The van der Waals surface area contributed by atoms with E-state index in [9.17, 15) is 14.7 Å². The molecule has 0 aliphatic heterocycles. The number of nitrogens with one attached hydrogen (secondary N) is 1. The number of aromatic nitrogens is 1. The Hall–Kier alpha value is -2.70. The summed E-state index contributed by atoms with van der Waals surface area (Å²) in [6.07, 6.45) is 0.211. The van der Waals surface area contributed by atoms with Crippen LogP contribution in [-0.2, 0) is 21.5 Å². The van der Waals surface area contributed by atoms with E-state index in [0.717, 1.165) is 10.6 Å². The van der Waals surface area contributed by atoms with Crippen molar-refractivity contribution in [3.8, 4) is 10.6 Å². The van der Waals surface area contributed by atoms with Gasteiger partial charge in [0, 0.05) is 10.9 Å². The van der Waals surface area contributed by atoms with Gasteiger partial charge in [0.2, 0.25) is 5.91 Å². The average Bonchev–Trinajstić information content (AvgIpc) is 3.15.